The monoisotopic (exact) mass is 401 g/mol. The predicted molar refractivity (Wildman–Crippen MR) is 120 cm³/mol. The molecule has 0 saturated carbocycles. The first kappa shape index (κ1) is 19.6. The highest BCUT2D eigenvalue weighted by atomic mass is 16.6. The molecule has 0 atom stereocenters. The molecule has 0 aliphatic rings. The fraction of sp³-hybridized carbons (Fsp3) is 0.160. The molecule has 0 heterocycles. The smallest absolute Gasteiger partial charge is 0.414 e. The summed E-state index contributed by atoms with van der Waals surface area (Å²) in [7, 11) is 5.02. The maximum atomic E-state index is 12.4. The first-order valence-corrected chi connectivity index (χ1v) is 9.65. The minimum atomic E-state index is -0.413. The van der Waals surface area contributed by atoms with Crippen LogP contribution in [-0.4, -0.2) is 27.4 Å². The molecule has 152 valence electrons. The van der Waals surface area contributed by atoms with Gasteiger partial charge in [0.2, 0.25) is 0 Å². The molecule has 0 saturated heterocycles. The lowest BCUT2D eigenvalue weighted by atomic mass is 9.99. The normalized spacial score (nSPS) is 10.8. The van der Waals surface area contributed by atoms with Crippen molar-refractivity contribution in [3.63, 3.8) is 0 Å². The lowest BCUT2D eigenvalue weighted by Gasteiger charge is -2.18. The number of methoxy groups -OCH3 is 2. The Morgan fingerprint density at radius 3 is 1.97 bits per heavy atom. The number of fused-ring (bicyclic) bond motifs is 2. The fourth-order valence-electron chi connectivity index (χ4n) is 3.68. The molecule has 0 aromatic heterocycles. The Hall–Kier alpha value is -3.73. The van der Waals surface area contributed by atoms with Gasteiger partial charge in [0.05, 0.1) is 14.2 Å². The maximum absolute atomic E-state index is 12.4. The van der Waals surface area contributed by atoms with Gasteiger partial charge < -0.3 is 14.2 Å². The third-order valence-electron chi connectivity index (χ3n) is 5.18. The minimum Gasteiger partial charge on any atom is -0.495 e. The summed E-state index contributed by atoms with van der Waals surface area (Å²) in [5, 5.41) is 3.83. The van der Waals surface area contributed by atoms with Gasteiger partial charge in [0.25, 0.3) is 0 Å². The second-order valence-corrected chi connectivity index (χ2v) is 6.94. The molecule has 1 amide bonds. The highest BCUT2D eigenvalue weighted by Gasteiger charge is 2.16. The van der Waals surface area contributed by atoms with E-state index in [0.29, 0.717) is 0 Å². The Labute approximate surface area is 175 Å². The van der Waals surface area contributed by atoms with E-state index in [1.807, 2.05) is 72.8 Å². The first-order valence-electron chi connectivity index (χ1n) is 9.65. The van der Waals surface area contributed by atoms with Gasteiger partial charge in [0.1, 0.15) is 18.1 Å². The van der Waals surface area contributed by atoms with E-state index < -0.39 is 6.09 Å². The minimum absolute atomic E-state index is 0.157. The summed E-state index contributed by atoms with van der Waals surface area (Å²) in [5.74, 6) is 1.57. The zero-order valence-electron chi connectivity index (χ0n) is 17.2. The van der Waals surface area contributed by atoms with Crippen LogP contribution in [0.1, 0.15) is 5.56 Å². The van der Waals surface area contributed by atoms with Crippen LogP contribution in [0.5, 0.6) is 11.5 Å². The van der Waals surface area contributed by atoms with Gasteiger partial charge in [0.15, 0.2) is 0 Å². The summed E-state index contributed by atoms with van der Waals surface area (Å²) in [6, 6.07) is 23.3. The summed E-state index contributed by atoms with van der Waals surface area (Å²) in [6.07, 6.45) is -0.413. The van der Waals surface area contributed by atoms with Crippen molar-refractivity contribution in [2.45, 2.75) is 6.61 Å². The Morgan fingerprint density at radius 1 is 0.767 bits per heavy atom. The Balaban J connectivity index is 1.66. The van der Waals surface area contributed by atoms with Gasteiger partial charge in [-0.15, -0.1) is 0 Å². The zero-order chi connectivity index (χ0) is 21.1. The zero-order valence-corrected chi connectivity index (χ0v) is 17.2. The lowest BCUT2D eigenvalue weighted by molar-refractivity contribution is 0.148. The number of rotatable bonds is 5. The Bertz CT molecular complexity index is 1200. The number of para-hydroxylation sites is 1. The molecular formula is C25H23NO4. The average Bonchev–Trinajstić information content (AvgIpc) is 2.80. The summed E-state index contributed by atoms with van der Waals surface area (Å²) in [4.78, 5) is 13.9. The van der Waals surface area contributed by atoms with Crippen LogP contribution in [0.2, 0.25) is 0 Å². The van der Waals surface area contributed by atoms with Crippen LogP contribution in [0.3, 0.4) is 0 Å². The molecule has 0 spiro atoms. The molecule has 0 bridgehead atoms. The number of carbonyl (C=O) groups excluding carboxylic acids is 1. The molecule has 0 N–H and O–H groups in total. The van der Waals surface area contributed by atoms with E-state index in [4.69, 9.17) is 14.2 Å². The fourth-order valence-corrected chi connectivity index (χ4v) is 3.68. The largest absolute Gasteiger partial charge is 0.495 e. The molecule has 0 aliphatic heterocycles. The molecule has 4 rings (SSSR count). The van der Waals surface area contributed by atoms with E-state index in [9.17, 15) is 4.79 Å². The van der Waals surface area contributed by atoms with Crippen LogP contribution < -0.4 is 14.4 Å². The first-order chi connectivity index (χ1) is 14.6. The molecule has 4 aromatic carbocycles. The number of amides is 1. The van der Waals surface area contributed by atoms with Crippen LogP contribution in [-0.2, 0) is 11.3 Å². The number of nitrogens with zero attached hydrogens (tertiary/aromatic N) is 1. The molecular weight excluding hydrogens is 378 g/mol. The summed E-state index contributed by atoms with van der Waals surface area (Å²) in [6.45, 7) is 0.157. The number of ether oxygens (including phenoxy) is 3. The summed E-state index contributed by atoms with van der Waals surface area (Å²) >= 11 is 0. The third kappa shape index (κ3) is 3.50. The molecule has 5 heteroatoms. The second kappa shape index (κ2) is 8.33. The standard InChI is InChI=1S/C25H23NO4/c1-26(18-9-5-4-6-10-18)25(27)30-16-17-13-14-21-22(15-17)24(29-3)20-12-8-7-11-19(20)23(21)28-2/h4-15H,16H2,1-3H3. The lowest BCUT2D eigenvalue weighted by Crippen LogP contribution is -2.26. The van der Waals surface area contributed by atoms with Crippen LogP contribution in [0.4, 0.5) is 10.5 Å². The van der Waals surface area contributed by atoms with Crippen molar-refractivity contribution in [2.24, 2.45) is 0 Å². The molecule has 4 aromatic rings. The van der Waals surface area contributed by atoms with Gasteiger partial charge in [-0.2, -0.15) is 0 Å². The van der Waals surface area contributed by atoms with Gasteiger partial charge in [-0.1, -0.05) is 54.6 Å². The third-order valence-corrected chi connectivity index (χ3v) is 5.18. The molecule has 0 unspecified atom stereocenters. The van der Waals surface area contributed by atoms with Gasteiger partial charge in [-0.05, 0) is 23.8 Å². The molecule has 0 radical (unpaired) electrons. The van der Waals surface area contributed by atoms with E-state index in [-0.39, 0.29) is 6.61 Å². The van der Waals surface area contributed by atoms with Crippen molar-refractivity contribution in [1.29, 1.82) is 0 Å². The Morgan fingerprint density at radius 2 is 1.33 bits per heavy atom. The van der Waals surface area contributed by atoms with Crippen molar-refractivity contribution < 1.29 is 19.0 Å². The van der Waals surface area contributed by atoms with E-state index in [0.717, 1.165) is 44.3 Å². The van der Waals surface area contributed by atoms with Crippen LogP contribution >= 0.6 is 0 Å². The van der Waals surface area contributed by atoms with Crippen molar-refractivity contribution in [1.82, 2.24) is 0 Å². The van der Waals surface area contributed by atoms with Gasteiger partial charge >= 0.3 is 6.09 Å². The van der Waals surface area contributed by atoms with Crippen molar-refractivity contribution >= 4 is 33.3 Å². The SMILES string of the molecule is COc1c2ccccc2c(OC)c2cc(COC(=O)N(C)c3ccccc3)ccc12. The van der Waals surface area contributed by atoms with Gasteiger partial charge in [-0.3, -0.25) is 4.90 Å². The van der Waals surface area contributed by atoms with Crippen LogP contribution in [0, 0.1) is 0 Å². The van der Waals surface area contributed by atoms with Crippen molar-refractivity contribution in [3.05, 3.63) is 78.4 Å². The van der Waals surface area contributed by atoms with E-state index in [1.165, 1.54) is 4.90 Å². The van der Waals surface area contributed by atoms with Crippen molar-refractivity contribution in [3.8, 4) is 11.5 Å². The Kier molecular flexibility index (Phi) is 5.44. The second-order valence-electron chi connectivity index (χ2n) is 6.94. The molecule has 0 aliphatic carbocycles. The summed E-state index contributed by atoms with van der Waals surface area (Å²) in [5.41, 5.74) is 1.65. The van der Waals surface area contributed by atoms with Gasteiger partial charge in [0, 0.05) is 34.3 Å². The highest BCUT2D eigenvalue weighted by Crippen LogP contribution is 2.42. The molecule has 30 heavy (non-hydrogen) atoms. The van der Waals surface area contributed by atoms with E-state index >= 15 is 0 Å². The highest BCUT2D eigenvalue weighted by molar-refractivity contribution is 6.11. The maximum Gasteiger partial charge on any atom is 0.414 e. The summed E-state index contributed by atoms with van der Waals surface area (Å²) < 4.78 is 17.0. The molecule has 0 fully saturated rings. The van der Waals surface area contributed by atoms with E-state index in [2.05, 4.69) is 0 Å². The van der Waals surface area contributed by atoms with Crippen LogP contribution in [0.25, 0.3) is 21.5 Å². The van der Waals surface area contributed by atoms with Crippen molar-refractivity contribution in [2.75, 3.05) is 26.2 Å². The number of hydrogen-bond acceptors (Lipinski definition) is 4. The average molecular weight is 401 g/mol. The topological polar surface area (TPSA) is 48.0 Å². The number of anilines is 1. The number of carbonyl (C=O) groups is 1. The number of benzene rings is 4. The quantitative estimate of drug-likeness (QED) is 0.398. The molecule has 5 nitrogen and oxygen atoms in total. The van der Waals surface area contributed by atoms with E-state index in [1.54, 1.807) is 21.3 Å². The predicted octanol–water partition coefficient (Wildman–Crippen LogP) is 5.78. The van der Waals surface area contributed by atoms with Gasteiger partial charge in [-0.25, -0.2) is 4.79 Å². The van der Waals surface area contributed by atoms with Crippen LogP contribution in [0.15, 0.2) is 72.8 Å². The number of hydrogen-bond donors (Lipinski definition) is 0.